The Balaban J connectivity index is 1.80. The Bertz CT molecular complexity index is 762. The van der Waals surface area contributed by atoms with E-state index in [-0.39, 0.29) is 30.9 Å². The topological polar surface area (TPSA) is 61.4 Å². The summed E-state index contributed by atoms with van der Waals surface area (Å²) in [4.78, 5) is 25.7. The quantitative estimate of drug-likeness (QED) is 0.782. The molecular weight excluding hydrogens is 350 g/mol. The maximum Gasteiger partial charge on any atom is 0.243 e. The van der Waals surface area contributed by atoms with Crippen molar-refractivity contribution >= 4 is 29.1 Å². The van der Waals surface area contributed by atoms with Gasteiger partial charge in [-0.25, -0.2) is 0 Å². The van der Waals surface area contributed by atoms with Crippen LogP contribution in [0.1, 0.15) is 24.1 Å². The van der Waals surface area contributed by atoms with Gasteiger partial charge in [0.25, 0.3) is 0 Å². The second-order valence-electron chi connectivity index (χ2n) is 6.29. The van der Waals surface area contributed by atoms with Gasteiger partial charge in [0.2, 0.25) is 11.8 Å². The molecule has 1 unspecified atom stereocenters. The summed E-state index contributed by atoms with van der Waals surface area (Å²) in [5.41, 5.74) is 2.77. The van der Waals surface area contributed by atoms with Crippen LogP contribution in [0.5, 0.6) is 0 Å². The van der Waals surface area contributed by atoms with Crippen LogP contribution in [0.3, 0.4) is 0 Å². The number of hydrogen-bond donors (Lipinski definition) is 2. The van der Waals surface area contributed by atoms with E-state index in [0.717, 1.165) is 11.1 Å². The van der Waals surface area contributed by atoms with Crippen LogP contribution in [0, 0.1) is 6.92 Å². The van der Waals surface area contributed by atoms with Crippen molar-refractivity contribution in [1.82, 2.24) is 10.2 Å². The van der Waals surface area contributed by atoms with Gasteiger partial charge in [-0.2, -0.15) is 0 Å². The number of benzene rings is 2. The standard InChI is InChI=1S/C20H24ClN3O2/c1-14-8-10-16(11-9-14)23-19(25)13-24(3)20(26)12-22-15(2)17-6-4-5-7-18(17)21/h4-11,15,22H,12-13H2,1-3H3,(H,23,25). The van der Waals surface area contributed by atoms with E-state index in [1.54, 1.807) is 7.05 Å². The van der Waals surface area contributed by atoms with Crippen molar-refractivity contribution in [3.63, 3.8) is 0 Å². The van der Waals surface area contributed by atoms with E-state index in [2.05, 4.69) is 10.6 Å². The zero-order chi connectivity index (χ0) is 19.1. The molecule has 0 aliphatic carbocycles. The fraction of sp³-hybridized carbons (Fsp3) is 0.300. The van der Waals surface area contributed by atoms with E-state index >= 15 is 0 Å². The highest BCUT2D eigenvalue weighted by atomic mass is 35.5. The average molecular weight is 374 g/mol. The number of nitrogens with zero attached hydrogens (tertiary/aromatic N) is 1. The van der Waals surface area contributed by atoms with Gasteiger partial charge in [0.15, 0.2) is 0 Å². The molecule has 0 fully saturated rings. The molecule has 1 atom stereocenters. The summed E-state index contributed by atoms with van der Waals surface area (Å²) in [7, 11) is 1.61. The molecule has 0 spiro atoms. The predicted molar refractivity (Wildman–Crippen MR) is 105 cm³/mol. The highest BCUT2D eigenvalue weighted by Gasteiger charge is 2.15. The van der Waals surface area contributed by atoms with E-state index < -0.39 is 0 Å². The normalized spacial score (nSPS) is 11.7. The Morgan fingerprint density at radius 2 is 1.77 bits per heavy atom. The largest absolute Gasteiger partial charge is 0.335 e. The van der Waals surface area contributed by atoms with Gasteiger partial charge in [0.05, 0.1) is 13.1 Å². The zero-order valence-corrected chi connectivity index (χ0v) is 16.0. The molecule has 2 N–H and O–H groups in total. The lowest BCUT2D eigenvalue weighted by molar-refractivity contribution is -0.132. The molecule has 2 amide bonds. The number of aryl methyl sites for hydroxylation is 1. The molecule has 0 heterocycles. The number of anilines is 1. The molecule has 0 saturated heterocycles. The van der Waals surface area contributed by atoms with Gasteiger partial charge in [-0.1, -0.05) is 47.5 Å². The monoisotopic (exact) mass is 373 g/mol. The van der Waals surface area contributed by atoms with E-state index in [9.17, 15) is 9.59 Å². The molecule has 0 aliphatic heterocycles. The lowest BCUT2D eigenvalue weighted by atomic mass is 10.1. The van der Waals surface area contributed by atoms with Crippen LogP contribution in [0.2, 0.25) is 5.02 Å². The van der Waals surface area contributed by atoms with Crippen molar-refractivity contribution in [2.75, 3.05) is 25.5 Å². The third-order valence-corrected chi connectivity index (χ3v) is 4.42. The summed E-state index contributed by atoms with van der Waals surface area (Å²) in [5.74, 6) is -0.396. The smallest absolute Gasteiger partial charge is 0.243 e. The number of amides is 2. The summed E-state index contributed by atoms with van der Waals surface area (Å²) < 4.78 is 0. The summed E-state index contributed by atoms with van der Waals surface area (Å²) in [6, 6.07) is 15.0. The Labute approximate surface area is 159 Å². The molecule has 0 aromatic heterocycles. The number of carbonyl (C=O) groups excluding carboxylic acids is 2. The van der Waals surface area contributed by atoms with E-state index in [4.69, 9.17) is 11.6 Å². The van der Waals surface area contributed by atoms with Crippen LogP contribution in [-0.4, -0.2) is 36.9 Å². The van der Waals surface area contributed by atoms with Crippen molar-refractivity contribution in [3.8, 4) is 0 Å². The van der Waals surface area contributed by atoms with Crippen LogP contribution in [0.25, 0.3) is 0 Å². The highest BCUT2D eigenvalue weighted by molar-refractivity contribution is 6.31. The van der Waals surface area contributed by atoms with Gasteiger partial charge >= 0.3 is 0 Å². The van der Waals surface area contributed by atoms with Gasteiger partial charge in [-0.15, -0.1) is 0 Å². The minimum Gasteiger partial charge on any atom is -0.335 e. The fourth-order valence-corrected chi connectivity index (χ4v) is 2.75. The van der Waals surface area contributed by atoms with Gasteiger partial charge < -0.3 is 15.5 Å². The van der Waals surface area contributed by atoms with Crippen molar-refractivity contribution in [1.29, 1.82) is 0 Å². The van der Waals surface area contributed by atoms with Crippen molar-refractivity contribution < 1.29 is 9.59 Å². The second kappa shape index (κ2) is 9.36. The van der Waals surface area contributed by atoms with Crippen molar-refractivity contribution in [3.05, 3.63) is 64.7 Å². The average Bonchev–Trinajstić information content (AvgIpc) is 2.61. The third-order valence-electron chi connectivity index (χ3n) is 4.07. The third kappa shape index (κ3) is 5.86. The molecule has 0 bridgehead atoms. The molecule has 0 radical (unpaired) electrons. The molecular formula is C20H24ClN3O2. The lowest BCUT2D eigenvalue weighted by Gasteiger charge is -2.20. The number of rotatable bonds is 7. The fourth-order valence-electron chi connectivity index (χ4n) is 2.45. The van der Waals surface area contributed by atoms with E-state index in [1.165, 1.54) is 4.90 Å². The van der Waals surface area contributed by atoms with Crippen LogP contribution in [-0.2, 0) is 9.59 Å². The van der Waals surface area contributed by atoms with Crippen molar-refractivity contribution in [2.24, 2.45) is 0 Å². The molecule has 5 nitrogen and oxygen atoms in total. The highest BCUT2D eigenvalue weighted by Crippen LogP contribution is 2.21. The van der Waals surface area contributed by atoms with E-state index in [1.807, 2.05) is 62.4 Å². The lowest BCUT2D eigenvalue weighted by Crippen LogP contribution is -2.40. The first-order valence-electron chi connectivity index (χ1n) is 8.45. The van der Waals surface area contributed by atoms with Gasteiger partial charge in [0, 0.05) is 23.8 Å². The number of carbonyl (C=O) groups is 2. The Hall–Kier alpha value is -2.37. The minimum absolute atomic E-state index is 0.00510. The van der Waals surface area contributed by atoms with Gasteiger partial charge in [-0.3, -0.25) is 9.59 Å². The summed E-state index contributed by atoms with van der Waals surface area (Å²) >= 11 is 6.16. The summed E-state index contributed by atoms with van der Waals surface area (Å²) in [5, 5.41) is 6.58. The first-order chi connectivity index (χ1) is 12.4. The predicted octanol–water partition coefficient (Wildman–Crippen LogP) is 3.40. The zero-order valence-electron chi connectivity index (χ0n) is 15.3. The Kier molecular flexibility index (Phi) is 7.18. The summed E-state index contributed by atoms with van der Waals surface area (Å²) in [6.45, 7) is 4.04. The van der Waals surface area contributed by atoms with Crippen LogP contribution in [0.15, 0.2) is 48.5 Å². The van der Waals surface area contributed by atoms with Crippen LogP contribution in [0.4, 0.5) is 5.69 Å². The van der Waals surface area contributed by atoms with Crippen molar-refractivity contribution in [2.45, 2.75) is 19.9 Å². The SMILES string of the molecule is Cc1ccc(NC(=O)CN(C)C(=O)CNC(C)c2ccccc2Cl)cc1. The second-order valence-corrected chi connectivity index (χ2v) is 6.70. The maximum atomic E-state index is 12.2. The minimum atomic E-state index is -0.233. The Morgan fingerprint density at radius 3 is 2.42 bits per heavy atom. The molecule has 2 aromatic carbocycles. The molecule has 2 rings (SSSR count). The summed E-state index contributed by atoms with van der Waals surface area (Å²) in [6.07, 6.45) is 0. The van der Waals surface area contributed by atoms with Crippen LogP contribution < -0.4 is 10.6 Å². The molecule has 6 heteroatoms. The van der Waals surface area contributed by atoms with Gasteiger partial charge in [0.1, 0.15) is 0 Å². The number of halogens is 1. The molecule has 0 saturated carbocycles. The number of nitrogens with one attached hydrogen (secondary N) is 2. The number of likely N-dealkylation sites (N-methyl/N-ethyl adjacent to an activating group) is 1. The molecule has 26 heavy (non-hydrogen) atoms. The molecule has 138 valence electrons. The van der Waals surface area contributed by atoms with Gasteiger partial charge in [-0.05, 0) is 37.6 Å². The molecule has 2 aromatic rings. The first kappa shape index (κ1) is 19.9. The first-order valence-corrected chi connectivity index (χ1v) is 8.83. The number of hydrogen-bond acceptors (Lipinski definition) is 3. The maximum absolute atomic E-state index is 12.2. The van der Waals surface area contributed by atoms with Crippen LogP contribution >= 0.6 is 11.6 Å². The Morgan fingerprint density at radius 1 is 1.12 bits per heavy atom. The molecule has 0 aliphatic rings. The van der Waals surface area contributed by atoms with E-state index in [0.29, 0.717) is 10.7 Å².